The van der Waals surface area contributed by atoms with Crippen molar-refractivity contribution in [3.05, 3.63) is 34.9 Å². The molecule has 2 nitrogen and oxygen atoms in total. The molecule has 1 rings (SSSR count). The summed E-state index contributed by atoms with van der Waals surface area (Å²) in [5.74, 6) is 0. The Bertz CT molecular complexity index is 301. The number of hydrogen-bond donors (Lipinski definition) is 1. The van der Waals surface area contributed by atoms with Crippen LogP contribution in [-0.2, 0) is 6.54 Å². The Kier molecular flexibility index (Phi) is 5.09. The molecule has 1 atom stereocenters. The average Bonchev–Trinajstić information content (AvgIpc) is 2.18. The number of benzene rings is 1. The van der Waals surface area contributed by atoms with Crippen LogP contribution in [0.1, 0.15) is 18.9 Å². The number of aliphatic hydroxyl groups excluding tert-OH is 1. The summed E-state index contributed by atoms with van der Waals surface area (Å²) in [5, 5.41) is 9.98. The Morgan fingerprint density at radius 3 is 2.67 bits per heavy atom. The van der Waals surface area contributed by atoms with Gasteiger partial charge in [-0.1, -0.05) is 29.8 Å². The number of rotatable bonds is 5. The lowest BCUT2D eigenvalue weighted by atomic mass is 10.2. The standard InChI is InChI=1S/C12H18ClNO/c1-10(15)7-8-14(2)9-11-5-3-4-6-12(11)13/h3-6,10,15H,7-9H2,1-2H3. The summed E-state index contributed by atoms with van der Waals surface area (Å²) in [5.41, 5.74) is 1.13. The molecule has 0 fully saturated rings. The molecule has 0 spiro atoms. The van der Waals surface area contributed by atoms with Crippen molar-refractivity contribution in [2.24, 2.45) is 0 Å². The smallest absolute Gasteiger partial charge is 0.0524 e. The summed E-state index contributed by atoms with van der Waals surface area (Å²) >= 11 is 6.05. The number of nitrogens with zero attached hydrogens (tertiary/aromatic N) is 1. The quantitative estimate of drug-likeness (QED) is 0.836. The summed E-state index contributed by atoms with van der Waals surface area (Å²) in [6, 6.07) is 7.85. The van der Waals surface area contributed by atoms with E-state index in [1.165, 1.54) is 0 Å². The zero-order valence-corrected chi connectivity index (χ0v) is 10.0. The first-order chi connectivity index (χ1) is 7.09. The van der Waals surface area contributed by atoms with E-state index in [0.717, 1.165) is 30.1 Å². The van der Waals surface area contributed by atoms with E-state index in [1.807, 2.05) is 38.2 Å². The van der Waals surface area contributed by atoms with Gasteiger partial charge >= 0.3 is 0 Å². The van der Waals surface area contributed by atoms with Gasteiger partial charge in [0.15, 0.2) is 0 Å². The molecule has 0 aliphatic heterocycles. The third-order valence-electron chi connectivity index (χ3n) is 2.33. The molecule has 1 aromatic carbocycles. The van der Waals surface area contributed by atoms with Gasteiger partial charge in [-0.05, 0) is 32.0 Å². The lowest BCUT2D eigenvalue weighted by Gasteiger charge is -2.18. The van der Waals surface area contributed by atoms with Gasteiger partial charge in [-0.15, -0.1) is 0 Å². The zero-order valence-electron chi connectivity index (χ0n) is 9.28. The Balaban J connectivity index is 2.44. The van der Waals surface area contributed by atoms with Crippen molar-refractivity contribution < 1.29 is 5.11 Å². The van der Waals surface area contributed by atoms with Crippen molar-refractivity contribution in [2.75, 3.05) is 13.6 Å². The fraction of sp³-hybridized carbons (Fsp3) is 0.500. The second-order valence-electron chi connectivity index (χ2n) is 3.97. The maximum Gasteiger partial charge on any atom is 0.0524 e. The highest BCUT2D eigenvalue weighted by Crippen LogP contribution is 2.16. The van der Waals surface area contributed by atoms with E-state index in [2.05, 4.69) is 4.90 Å². The van der Waals surface area contributed by atoms with Crippen LogP contribution < -0.4 is 0 Å². The first kappa shape index (κ1) is 12.5. The molecule has 0 saturated carbocycles. The monoisotopic (exact) mass is 227 g/mol. The Hall–Kier alpha value is -0.570. The molecule has 0 aliphatic rings. The highest BCUT2D eigenvalue weighted by atomic mass is 35.5. The van der Waals surface area contributed by atoms with Gasteiger partial charge in [-0.25, -0.2) is 0 Å². The minimum absolute atomic E-state index is 0.237. The van der Waals surface area contributed by atoms with Crippen LogP contribution in [0.3, 0.4) is 0 Å². The Labute approximate surface area is 96.5 Å². The molecule has 1 unspecified atom stereocenters. The molecule has 0 heterocycles. The molecule has 15 heavy (non-hydrogen) atoms. The van der Waals surface area contributed by atoms with Gasteiger partial charge in [-0.3, -0.25) is 0 Å². The maximum atomic E-state index is 9.17. The predicted molar refractivity (Wildman–Crippen MR) is 64.1 cm³/mol. The fourth-order valence-electron chi connectivity index (χ4n) is 1.40. The van der Waals surface area contributed by atoms with Gasteiger partial charge in [0.25, 0.3) is 0 Å². The van der Waals surface area contributed by atoms with Crippen LogP contribution >= 0.6 is 11.6 Å². The van der Waals surface area contributed by atoms with Crippen LogP contribution in [-0.4, -0.2) is 29.7 Å². The third kappa shape index (κ3) is 4.65. The van der Waals surface area contributed by atoms with Gasteiger partial charge in [0.2, 0.25) is 0 Å². The zero-order chi connectivity index (χ0) is 11.3. The molecule has 1 aromatic rings. The second kappa shape index (κ2) is 6.11. The van der Waals surface area contributed by atoms with Crippen LogP contribution in [0, 0.1) is 0 Å². The largest absolute Gasteiger partial charge is 0.393 e. The SMILES string of the molecule is CC(O)CCN(C)Cc1ccccc1Cl. The van der Waals surface area contributed by atoms with E-state index in [-0.39, 0.29) is 6.10 Å². The van der Waals surface area contributed by atoms with Crippen LogP contribution in [0.4, 0.5) is 0 Å². The molecule has 0 radical (unpaired) electrons. The van der Waals surface area contributed by atoms with Crippen LogP contribution in [0.2, 0.25) is 5.02 Å². The molecule has 0 aromatic heterocycles. The van der Waals surface area contributed by atoms with E-state index in [4.69, 9.17) is 16.7 Å². The Morgan fingerprint density at radius 2 is 2.07 bits per heavy atom. The Morgan fingerprint density at radius 1 is 1.40 bits per heavy atom. The normalized spacial score (nSPS) is 13.1. The van der Waals surface area contributed by atoms with E-state index in [0.29, 0.717) is 0 Å². The van der Waals surface area contributed by atoms with Crippen LogP contribution in [0.15, 0.2) is 24.3 Å². The maximum absolute atomic E-state index is 9.17. The minimum atomic E-state index is -0.237. The van der Waals surface area contributed by atoms with Gasteiger partial charge in [-0.2, -0.15) is 0 Å². The molecule has 84 valence electrons. The van der Waals surface area contributed by atoms with Crippen molar-refractivity contribution >= 4 is 11.6 Å². The first-order valence-electron chi connectivity index (χ1n) is 5.19. The predicted octanol–water partition coefficient (Wildman–Crippen LogP) is 2.54. The van der Waals surface area contributed by atoms with Crippen molar-refractivity contribution in [3.63, 3.8) is 0 Å². The van der Waals surface area contributed by atoms with E-state index >= 15 is 0 Å². The second-order valence-corrected chi connectivity index (χ2v) is 4.37. The summed E-state index contributed by atoms with van der Waals surface area (Å²) < 4.78 is 0. The molecule has 1 N–H and O–H groups in total. The van der Waals surface area contributed by atoms with E-state index in [1.54, 1.807) is 0 Å². The lowest BCUT2D eigenvalue weighted by molar-refractivity contribution is 0.163. The van der Waals surface area contributed by atoms with Crippen molar-refractivity contribution in [3.8, 4) is 0 Å². The highest BCUT2D eigenvalue weighted by Gasteiger charge is 2.04. The topological polar surface area (TPSA) is 23.5 Å². The summed E-state index contributed by atoms with van der Waals surface area (Å²) in [6.45, 7) is 3.51. The molecule has 0 bridgehead atoms. The van der Waals surface area contributed by atoms with Crippen molar-refractivity contribution in [1.82, 2.24) is 4.90 Å². The van der Waals surface area contributed by atoms with Gasteiger partial charge in [0.1, 0.15) is 0 Å². The third-order valence-corrected chi connectivity index (χ3v) is 2.70. The molecular weight excluding hydrogens is 210 g/mol. The van der Waals surface area contributed by atoms with E-state index in [9.17, 15) is 0 Å². The number of halogens is 1. The summed E-state index contributed by atoms with van der Waals surface area (Å²) in [7, 11) is 2.03. The molecule has 3 heteroatoms. The fourth-order valence-corrected chi connectivity index (χ4v) is 1.60. The van der Waals surface area contributed by atoms with Crippen LogP contribution in [0.5, 0.6) is 0 Å². The van der Waals surface area contributed by atoms with Crippen molar-refractivity contribution in [1.29, 1.82) is 0 Å². The average molecular weight is 228 g/mol. The highest BCUT2D eigenvalue weighted by molar-refractivity contribution is 6.31. The van der Waals surface area contributed by atoms with E-state index < -0.39 is 0 Å². The molecular formula is C12H18ClNO. The van der Waals surface area contributed by atoms with Gasteiger partial charge < -0.3 is 10.0 Å². The van der Waals surface area contributed by atoms with Gasteiger partial charge in [0, 0.05) is 18.1 Å². The van der Waals surface area contributed by atoms with Gasteiger partial charge in [0.05, 0.1) is 6.10 Å². The van der Waals surface area contributed by atoms with Crippen molar-refractivity contribution in [2.45, 2.75) is 26.0 Å². The number of aliphatic hydroxyl groups is 1. The molecule has 0 saturated heterocycles. The first-order valence-corrected chi connectivity index (χ1v) is 5.57. The van der Waals surface area contributed by atoms with Crippen LogP contribution in [0.25, 0.3) is 0 Å². The lowest BCUT2D eigenvalue weighted by Crippen LogP contribution is -2.22. The summed E-state index contributed by atoms with van der Waals surface area (Å²) in [6.07, 6.45) is 0.555. The summed E-state index contributed by atoms with van der Waals surface area (Å²) in [4.78, 5) is 2.16. The molecule has 0 amide bonds. The minimum Gasteiger partial charge on any atom is -0.393 e. The molecule has 0 aliphatic carbocycles. The number of hydrogen-bond acceptors (Lipinski definition) is 2.